The minimum atomic E-state index is -2.36. The monoisotopic (exact) mass is 678 g/mol. The molecule has 2 saturated heterocycles. The summed E-state index contributed by atoms with van der Waals surface area (Å²) < 4.78 is 34.8. The van der Waals surface area contributed by atoms with E-state index in [0.717, 1.165) is 57.8 Å². The highest BCUT2D eigenvalue weighted by molar-refractivity contribution is 5.71. The number of hydrogen-bond acceptors (Lipinski definition) is 14. The maximum Gasteiger partial charge on any atom is 0.306 e. The van der Waals surface area contributed by atoms with Gasteiger partial charge in [-0.15, -0.1) is 0 Å². The minimum absolute atomic E-state index is 0.00177. The number of rotatable bonds is 23. The molecule has 9 atom stereocenters. The molecule has 0 aromatic carbocycles. The van der Waals surface area contributed by atoms with Gasteiger partial charge in [-0.25, -0.2) is 0 Å². The molecule has 2 aliphatic rings. The minimum Gasteiger partial charge on any atom is -0.455 e. The largest absolute Gasteiger partial charge is 0.455 e. The van der Waals surface area contributed by atoms with Gasteiger partial charge in [0.15, 0.2) is 18.3 Å². The van der Waals surface area contributed by atoms with Crippen LogP contribution in [0.2, 0.25) is 0 Å². The zero-order chi connectivity index (χ0) is 34.8. The summed E-state index contributed by atoms with van der Waals surface area (Å²) in [4.78, 5) is 39.3. The van der Waals surface area contributed by atoms with Gasteiger partial charge >= 0.3 is 17.9 Å². The lowest BCUT2D eigenvalue weighted by atomic mass is 9.97. The number of esters is 3. The second-order valence-corrected chi connectivity index (χ2v) is 12.4. The van der Waals surface area contributed by atoms with Crippen molar-refractivity contribution in [1.29, 1.82) is 0 Å². The van der Waals surface area contributed by atoms with Crippen LogP contribution in [0, 0.1) is 0 Å². The van der Waals surface area contributed by atoms with Crippen molar-refractivity contribution < 1.29 is 68.3 Å². The molecule has 14 nitrogen and oxygen atoms in total. The average molecular weight is 679 g/mol. The normalized spacial score (nSPS) is 30.6. The van der Waals surface area contributed by atoms with E-state index >= 15 is 0 Å². The molecular formula is C33H58O14. The third-order valence-electron chi connectivity index (χ3n) is 8.50. The van der Waals surface area contributed by atoms with Crippen LogP contribution in [0.5, 0.6) is 0 Å². The summed E-state index contributed by atoms with van der Waals surface area (Å²) >= 11 is 0. The number of hydrogen-bond donors (Lipinski definition) is 5. The van der Waals surface area contributed by atoms with Crippen LogP contribution in [-0.2, 0) is 42.8 Å². The number of carbonyl (C=O) groups is 3. The Kier molecular flexibility index (Phi) is 19.3. The van der Waals surface area contributed by atoms with Crippen LogP contribution in [0.25, 0.3) is 0 Å². The van der Waals surface area contributed by atoms with Gasteiger partial charge in [-0.3, -0.25) is 14.4 Å². The van der Waals surface area contributed by atoms with Crippen molar-refractivity contribution in [3.8, 4) is 0 Å². The van der Waals surface area contributed by atoms with E-state index in [-0.39, 0.29) is 19.3 Å². The Hall–Kier alpha value is -1.91. The first kappa shape index (κ1) is 41.3. The maximum absolute atomic E-state index is 13.2. The van der Waals surface area contributed by atoms with E-state index in [1.54, 1.807) is 0 Å². The molecule has 0 radical (unpaired) electrons. The number of aliphatic hydroxyl groups is 5. The van der Waals surface area contributed by atoms with Crippen LogP contribution in [-0.4, -0.2) is 118 Å². The fourth-order valence-electron chi connectivity index (χ4n) is 5.71. The molecule has 0 saturated carbocycles. The molecule has 0 spiro atoms. The molecule has 2 rings (SSSR count). The number of ether oxygens (including phenoxy) is 6. The SMILES string of the molecule is CCCCCCC(=O)O[C@@H]1[C@@H](OC(=O)CCCCCC)[C@@H](O[C@]2(CO)O[C@H](CO)[C@@H](O)[C@@H]2O)O[C@H](CO)[C@H]1OC(=O)CCCCCC. The second kappa shape index (κ2) is 21.9. The predicted octanol–water partition coefficient (Wildman–Crippen LogP) is 2.17. The Morgan fingerprint density at radius 1 is 0.617 bits per heavy atom. The standard InChI is InChI=1S/C33H58O14/c1-4-7-10-13-16-24(37)43-28-23(20-35)42-32(47-33(21-36)31(41)27(40)22(19-34)46-33)30(45-26(39)18-15-12-9-6-3)29(28)44-25(38)17-14-11-8-5-2/h22-23,27-32,34-36,40-41H,4-21H2,1-3H3/t22-,23-,27-,28-,29+,30-,31+,32-,33+/m1/s1. The molecule has 2 heterocycles. The molecule has 0 bridgehead atoms. The highest BCUT2D eigenvalue weighted by Crippen LogP contribution is 2.38. The van der Waals surface area contributed by atoms with Crippen LogP contribution in [0.15, 0.2) is 0 Å². The van der Waals surface area contributed by atoms with E-state index < -0.39 is 92.5 Å². The summed E-state index contributed by atoms with van der Waals surface area (Å²) in [7, 11) is 0. The number of carbonyl (C=O) groups excluding carboxylic acids is 3. The van der Waals surface area contributed by atoms with Crippen molar-refractivity contribution in [2.75, 3.05) is 19.8 Å². The van der Waals surface area contributed by atoms with Gasteiger partial charge in [0.05, 0.1) is 13.2 Å². The first-order valence-corrected chi connectivity index (χ1v) is 17.4. The van der Waals surface area contributed by atoms with Crippen LogP contribution in [0.3, 0.4) is 0 Å². The van der Waals surface area contributed by atoms with Gasteiger partial charge in [0.1, 0.15) is 31.0 Å². The van der Waals surface area contributed by atoms with Crippen LogP contribution < -0.4 is 0 Å². The van der Waals surface area contributed by atoms with E-state index in [4.69, 9.17) is 28.4 Å². The van der Waals surface area contributed by atoms with Gasteiger partial charge in [-0.05, 0) is 19.3 Å². The van der Waals surface area contributed by atoms with Gasteiger partial charge in [0.2, 0.25) is 12.1 Å². The molecular weight excluding hydrogens is 620 g/mol. The molecule has 0 amide bonds. The Morgan fingerprint density at radius 2 is 1.06 bits per heavy atom. The van der Waals surface area contributed by atoms with E-state index in [9.17, 15) is 39.9 Å². The van der Waals surface area contributed by atoms with Crippen molar-refractivity contribution in [3.05, 3.63) is 0 Å². The van der Waals surface area contributed by atoms with Gasteiger partial charge in [-0.1, -0.05) is 78.6 Å². The van der Waals surface area contributed by atoms with E-state index in [1.165, 1.54) is 0 Å². The smallest absolute Gasteiger partial charge is 0.306 e. The first-order valence-electron chi connectivity index (χ1n) is 17.4. The van der Waals surface area contributed by atoms with E-state index in [2.05, 4.69) is 0 Å². The lowest BCUT2D eigenvalue weighted by Gasteiger charge is -2.46. The summed E-state index contributed by atoms with van der Waals surface area (Å²) in [6.45, 7) is 3.60. The lowest BCUT2D eigenvalue weighted by molar-refractivity contribution is -0.384. The van der Waals surface area contributed by atoms with Gasteiger partial charge in [0.25, 0.3) is 0 Å². The Labute approximate surface area is 278 Å². The number of aliphatic hydroxyl groups excluding tert-OH is 5. The Morgan fingerprint density at radius 3 is 1.47 bits per heavy atom. The second-order valence-electron chi connectivity index (χ2n) is 12.4. The van der Waals surface area contributed by atoms with Gasteiger partial charge in [-0.2, -0.15) is 0 Å². The molecule has 2 fully saturated rings. The molecule has 0 aromatic heterocycles. The molecule has 14 heteroatoms. The van der Waals surface area contributed by atoms with Crippen molar-refractivity contribution >= 4 is 17.9 Å². The zero-order valence-electron chi connectivity index (χ0n) is 28.3. The fourth-order valence-corrected chi connectivity index (χ4v) is 5.71. The van der Waals surface area contributed by atoms with Crippen LogP contribution in [0.4, 0.5) is 0 Å². The fraction of sp³-hybridized carbons (Fsp3) is 0.909. The average Bonchev–Trinajstić information content (AvgIpc) is 3.30. The Balaban J connectivity index is 2.47. The zero-order valence-corrected chi connectivity index (χ0v) is 28.3. The molecule has 0 aliphatic carbocycles. The topological polar surface area (TPSA) is 208 Å². The highest BCUT2D eigenvalue weighted by Gasteiger charge is 2.60. The quantitative estimate of drug-likeness (QED) is 0.0597. The third-order valence-corrected chi connectivity index (χ3v) is 8.50. The summed E-state index contributed by atoms with van der Waals surface area (Å²) in [5.74, 6) is -4.35. The molecule has 47 heavy (non-hydrogen) atoms. The predicted molar refractivity (Wildman–Crippen MR) is 167 cm³/mol. The van der Waals surface area contributed by atoms with Crippen LogP contribution >= 0.6 is 0 Å². The van der Waals surface area contributed by atoms with Crippen molar-refractivity contribution in [1.82, 2.24) is 0 Å². The molecule has 5 N–H and O–H groups in total. The number of unbranched alkanes of at least 4 members (excludes halogenated alkanes) is 9. The van der Waals surface area contributed by atoms with Crippen LogP contribution in [0.1, 0.15) is 117 Å². The van der Waals surface area contributed by atoms with Gasteiger partial charge < -0.3 is 54.0 Å². The van der Waals surface area contributed by atoms with Crippen molar-refractivity contribution in [2.45, 2.75) is 172 Å². The van der Waals surface area contributed by atoms with Crippen molar-refractivity contribution in [3.63, 3.8) is 0 Å². The van der Waals surface area contributed by atoms with Crippen molar-refractivity contribution in [2.24, 2.45) is 0 Å². The maximum atomic E-state index is 13.2. The molecule has 0 unspecified atom stereocenters. The summed E-state index contributed by atoms with van der Waals surface area (Å²) in [6, 6.07) is 0. The summed E-state index contributed by atoms with van der Waals surface area (Å²) in [6.07, 6.45) is -2.93. The molecule has 274 valence electrons. The first-order chi connectivity index (χ1) is 22.6. The molecule has 2 aliphatic heterocycles. The lowest BCUT2D eigenvalue weighted by Crippen LogP contribution is -2.65. The van der Waals surface area contributed by atoms with E-state index in [1.807, 2.05) is 20.8 Å². The summed E-state index contributed by atoms with van der Waals surface area (Å²) in [5.41, 5.74) is 0. The molecule has 0 aromatic rings. The van der Waals surface area contributed by atoms with Gasteiger partial charge in [0, 0.05) is 19.3 Å². The van der Waals surface area contributed by atoms with E-state index in [0.29, 0.717) is 19.3 Å². The third kappa shape index (κ3) is 12.5. The Bertz CT molecular complexity index is 918. The summed E-state index contributed by atoms with van der Waals surface area (Å²) in [5, 5.41) is 51.5. The highest BCUT2D eigenvalue weighted by atomic mass is 16.8.